The predicted molar refractivity (Wildman–Crippen MR) is 57.6 cm³/mol. The van der Waals surface area contributed by atoms with Gasteiger partial charge in [-0.3, -0.25) is 4.79 Å². The topological polar surface area (TPSA) is 78.9 Å². The zero-order valence-corrected chi connectivity index (χ0v) is 9.31. The minimum atomic E-state index is -0.0403. The Bertz CT molecular complexity index is 259. The summed E-state index contributed by atoms with van der Waals surface area (Å²) in [6.07, 6.45) is 2.17. The monoisotopic (exact) mass is 213 g/mol. The molecule has 0 radical (unpaired) electrons. The van der Waals surface area contributed by atoms with Gasteiger partial charge in [0.2, 0.25) is 5.91 Å². The Kier molecular flexibility index (Phi) is 3.94. The van der Waals surface area contributed by atoms with Gasteiger partial charge >= 0.3 is 0 Å². The number of amides is 1. The van der Waals surface area contributed by atoms with E-state index in [0.29, 0.717) is 12.0 Å². The summed E-state index contributed by atoms with van der Waals surface area (Å²) in [5.41, 5.74) is 5.32. The first-order valence-electron chi connectivity index (χ1n) is 5.30. The largest absolute Gasteiger partial charge is 0.409 e. The maximum Gasteiger partial charge on any atom is 0.230 e. The van der Waals surface area contributed by atoms with Crippen molar-refractivity contribution in [3.63, 3.8) is 0 Å². The molecule has 0 saturated heterocycles. The van der Waals surface area contributed by atoms with Crippen molar-refractivity contribution in [3.05, 3.63) is 0 Å². The lowest BCUT2D eigenvalue weighted by molar-refractivity contribution is -0.131. The molecule has 5 nitrogen and oxygen atoms in total. The molecule has 0 aromatic heterocycles. The summed E-state index contributed by atoms with van der Waals surface area (Å²) in [5.74, 6) is 0.387. The Morgan fingerprint density at radius 3 is 2.60 bits per heavy atom. The molecular formula is C10H19N3O2. The average molecular weight is 213 g/mol. The molecule has 0 bridgehead atoms. The average Bonchev–Trinajstić information content (AvgIpc) is 2.96. The van der Waals surface area contributed by atoms with Crippen LogP contribution in [-0.2, 0) is 4.79 Å². The van der Waals surface area contributed by atoms with Crippen molar-refractivity contribution in [2.75, 3.05) is 6.54 Å². The summed E-state index contributed by atoms with van der Waals surface area (Å²) in [6.45, 7) is 4.90. The van der Waals surface area contributed by atoms with Crippen LogP contribution in [0.5, 0.6) is 0 Å². The first kappa shape index (κ1) is 11.8. The van der Waals surface area contributed by atoms with Crippen LogP contribution in [0.1, 0.15) is 33.1 Å². The number of nitrogens with zero attached hydrogens (tertiary/aromatic N) is 2. The molecule has 0 atom stereocenters. The second-order valence-corrected chi connectivity index (χ2v) is 4.44. The van der Waals surface area contributed by atoms with Crippen molar-refractivity contribution in [2.45, 2.75) is 39.2 Å². The van der Waals surface area contributed by atoms with Gasteiger partial charge in [-0.1, -0.05) is 19.0 Å². The Hall–Kier alpha value is -1.26. The molecule has 1 aliphatic rings. The number of hydrogen-bond donors (Lipinski definition) is 2. The standard InChI is InChI=1S/C10H19N3O2/c1-7(2)6-13(8-3-4-8)10(14)5-9(11)12-15/h7-8,15H,3-6H2,1-2H3,(H2,11,12). The number of carbonyl (C=O) groups excluding carboxylic acids is 1. The number of carbonyl (C=O) groups is 1. The fourth-order valence-corrected chi connectivity index (χ4v) is 1.53. The van der Waals surface area contributed by atoms with Crippen LogP contribution >= 0.6 is 0 Å². The Balaban J connectivity index is 2.51. The van der Waals surface area contributed by atoms with E-state index in [-0.39, 0.29) is 18.2 Å². The third-order valence-electron chi connectivity index (χ3n) is 2.33. The maximum atomic E-state index is 11.8. The van der Waals surface area contributed by atoms with E-state index in [4.69, 9.17) is 10.9 Å². The zero-order chi connectivity index (χ0) is 11.4. The van der Waals surface area contributed by atoms with Gasteiger partial charge in [0.1, 0.15) is 5.84 Å². The van der Waals surface area contributed by atoms with Gasteiger partial charge in [-0.05, 0) is 18.8 Å². The molecule has 3 N–H and O–H groups in total. The molecule has 86 valence electrons. The molecule has 0 unspecified atom stereocenters. The molecule has 1 saturated carbocycles. The van der Waals surface area contributed by atoms with Crippen LogP contribution in [-0.4, -0.2) is 34.4 Å². The van der Waals surface area contributed by atoms with Gasteiger partial charge in [-0.15, -0.1) is 0 Å². The first-order valence-corrected chi connectivity index (χ1v) is 5.30. The van der Waals surface area contributed by atoms with E-state index in [1.54, 1.807) is 0 Å². The molecule has 1 amide bonds. The van der Waals surface area contributed by atoms with E-state index >= 15 is 0 Å². The maximum absolute atomic E-state index is 11.8. The van der Waals surface area contributed by atoms with E-state index < -0.39 is 0 Å². The van der Waals surface area contributed by atoms with Gasteiger partial charge in [-0.2, -0.15) is 0 Å². The molecule has 0 aromatic carbocycles. The number of oxime groups is 1. The van der Waals surface area contributed by atoms with Crippen molar-refractivity contribution in [1.82, 2.24) is 4.90 Å². The number of amidine groups is 1. The van der Waals surface area contributed by atoms with Crippen LogP contribution in [0.4, 0.5) is 0 Å². The van der Waals surface area contributed by atoms with Crippen molar-refractivity contribution in [3.8, 4) is 0 Å². The highest BCUT2D eigenvalue weighted by Crippen LogP contribution is 2.28. The van der Waals surface area contributed by atoms with Gasteiger partial charge in [-0.25, -0.2) is 0 Å². The lowest BCUT2D eigenvalue weighted by Crippen LogP contribution is -2.38. The molecule has 0 aromatic rings. The fourth-order valence-electron chi connectivity index (χ4n) is 1.53. The minimum Gasteiger partial charge on any atom is -0.409 e. The highest BCUT2D eigenvalue weighted by atomic mass is 16.4. The smallest absolute Gasteiger partial charge is 0.230 e. The summed E-state index contributed by atoms with van der Waals surface area (Å²) in [7, 11) is 0. The SMILES string of the molecule is CC(C)CN(C(=O)CC(N)=NO)C1CC1. The van der Waals surface area contributed by atoms with E-state index in [1.807, 2.05) is 4.90 Å². The third-order valence-corrected chi connectivity index (χ3v) is 2.33. The van der Waals surface area contributed by atoms with Crippen molar-refractivity contribution >= 4 is 11.7 Å². The van der Waals surface area contributed by atoms with Crippen LogP contribution < -0.4 is 5.73 Å². The van der Waals surface area contributed by atoms with E-state index in [2.05, 4.69) is 19.0 Å². The van der Waals surface area contributed by atoms with Gasteiger partial charge < -0.3 is 15.8 Å². The highest BCUT2D eigenvalue weighted by molar-refractivity contribution is 5.98. The van der Waals surface area contributed by atoms with E-state index in [9.17, 15) is 4.79 Å². The van der Waals surface area contributed by atoms with Gasteiger partial charge in [0.25, 0.3) is 0 Å². The number of hydrogen-bond acceptors (Lipinski definition) is 3. The van der Waals surface area contributed by atoms with E-state index in [1.165, 1.54) is 0 Å². The lowest BCUT2D eigenvalue weighted by Gasteiger charge is -2.24. The lowest BCUT2D eigenvalue weighted by atomic mass is 10.2. The van der Waals surface area contributed by atoms with Crippen LogP contribution in [0, 0.1) is 5.92 Å². The molecule has 1 fully saturated rings. The third kappa shape index (κ3) is 3.77. The Morgan fingerprint density at radius 2 is 2.20 bits per heavy atom. The number of nitrogens with two attached hydrogens (primary N) is 1. The summed E-state index contributed by atoms with van der Waals surface area (Å²) in [6, 6.07) is 0.381. The molecule has 0 spiro atoms. The Morgan fingerprint density at radius 1 is 1.60 bits per heavy atom. The predicted octanol–water partition coefficient (Wildman–Crippen LogP) is 0.770. The van der Waals surface area contributed by atoms with Crippen molar-refractivity contribution in [2.24, 2.45) is 16.8 Å². The summed E-state index contributed by atoms with van der Waals surface area (Å²) in [4.78, 5) is 13.6. The van der Waals surface area contributed by atoms with Crippen LogP contribution in [0.2, 0.25) is 0 Å². The Labute approximate surface area is 89.9 Å². The van der Waals surface area contributed by atoms with Gasteiger partial charge in [0, 0.05) is 12.6 Å². The molecule has 15 heavy (non-hydrogen) atoms. The van der Waals surface area contributed by atoms with E-state index in [0.717, 1.165) is 19.4 Å². The molecule has 1 rings (SSSR count). The van der Waals surface area contributed by atoms with Gasteiger partial charge in [0.05, 0.1) is 6.42 Å². The molecular weight excluding hydrogens is 194 g/mol. The van der Waals surface area contributed by atoms with Crippen molar-refractivity contribution in [1.29, 1.82) is 0 Å². The van der Waals surface area contributed by atoms with Crippen LogP contribution in [0.3, 0.4) is 0 Å². The summed E-state index contributed by atoms with van der Waals surface area (Å²) < 4.78 is 0. The van der Waals surface area contributed by atoms with Crippen molar-refractivity contribution < 1.29 is 10.0 Å². The molecule has 0 heterocycles. The fraction of sp³-hybridized carbons (Fsp3) is 0.800. The second-order valence-electron chi connectivity index (χ2n) is 4.44. The first-order chi connectivity index (χ1) is 7.04. The number of rotatable bonds is 5. The summed E-state index contributed by atoms with van der Waals surface area (Å²) >= 11 is 0. The molecule has 0 aliphatic heterocycles. The normalized spacial score (nSPS) is 16.9. The zero-order valence-electron chi connectivity index (χ0n) is 9.31. The van der Waals surface area contributed by atoms with Gasteiger partial charge in [0.15, 0.2) is 0 Å². The minimum absolute atomic E-state index is 0.0136. The molecule has 5 heteroatoms. The molecule has 1 aliphatic carbocycles. The van der Waals surface area contributed by atoms with Crippen LogP contribution in [0.25, 0.3) is 0 Å². The summed E-state index contributed by atoms with van der Waals surface area (Å²) in [5, 5.41) is 11.2. The quantitative estimate of drug-likeness (QED) is 0.306. The second kappa shape index (κ2) is 5.00. The highest BCUT2D eigenvalue weighted by Gasteiger charge is 2.32. The van der Waals surface area contributed by atoms with Crippen LogP contribution in [0.15, 0.2) is 5.16 Å².